The van der Waals surface area contributed by atoms with Crippen molar-refractivity contribution in [3.8, 4) is 0 Å². The predicted molar refractivity (Wildman–Crippen MR) is 43.4 cm³/mol. The van der Waals surface area contributed by atoms with E-state index in [0.29, 0.717) is 18.8 Å². The predicted octanol–water partition coefficient (Wildman–Crippen LogP) is 1.19. The molecule has 0 aliphatic rings. The number of aliphatic hydroxyl groups is 1. The lowest BCUT2D eigenvalue weighted by atomic mass is 9.97. The highest BCUT2D eigenvalue weighted by molar-refractivity contribution is 5.68. The summed E-state index contributed by atoms with van der Waals surface area (Å²) in [5.41, 5.74) is 0. The largest absolute Gasteiger partial charge is 0.396 e. The van der Waals surface area contributed by atoms with Crippen LogP contribution >= 0.6 is 0 Å². The average Bonchev–Trinajstić information content (AvgIpc) is 2.11. The molecule has 0 rings (SSSR count). The van der Waals surface area contributed by atoms with E-state index in [1.807, 2.05) is 6.92 Å². The van der Waals surface area contributed by atoms with Crippen LogP contribution in [0.4, 0.5) is 0 Å². The highest BCUT2D eigenvalue weighted by atomic mass is 17.1. The Morgan fingerprint density at radius 3 is 2.58 bits per heavy atom. The zero-order chi connectivity index (χ0) is 9.40. The van der Waals surface area contributed by atoms with E-state index in [2.05, 4.69) is 4.89 Å². The van der Waals surface area contributed by atoms with E-state index in [1.165, 1.54) is 0 Å². The van der Waals surface area contributed by atoms with Crippen molar-refractivity contribution in [2.45, 2.75) is 32.6 Å². The monoisotopic (exact) mass is 176 g/mol. The average molecular weight is 176 g/mol. The van der Waals surface area contributed by atoms with E-state index < -0.39 is 5.97 Å². The van der Waals surface area contributed by atoms with Gasteiger partial charge in [-0.3, -0.25) is 0 Å². The van der Waals surface area contributed by atoms with Crippen molar-refractivity contribution in [2.24, 2.45) is 5.92 Å². The second-order valence-corrected chi connectivity index (χ2v) is 2.79. The van der Waals surface area contributed by atoms with E-state index in [9.17, 15) is 4.79 Å². The van der Waals surface area contributed by atoms with Crippen molar-refractivity contribution in [1.82, 2.24) is 0 Å². The molecule has 4 nitrogen and oxygen atoms in total. The molecule has 0 heterocycles. The van der Waals surface area contributed by atoms with Gasteiger partial charge in [0.1, 0.15) is 0 Å². The van der Waals surface area contributed by atoms with Gasteiger partial charge in [-0.25, -0.2) is 4.79 Å². The summed E-state index contributed by atoms with van der Waals surface area (Å²) in [6.45, 7) is 2.15. The van der Waals surface area contributed by atoms with E-state index in [-0.39, 0.29) is 13.0 Å². The molecule has 0 aromatic heterocycles. The molecule has 0 saturated carbocycles. The van der Waals surface area contributed by atoms with Crippen LogP contribution in [0.5, 0.6) is 0 Å². The Morgan fingerprint density at radius 2 is 2.17 bits per heavy atom. The zero-order valence-electron chi connectivity index (χ0n) is 7.32. The zero-order valence-corrected chi connectivity index (χ0v) is 7.32. The molecule has 0 aliphatic carbocycles. The molecule has 0 spiro atoms. The third kappa shape index (κ3) is 5.09. The first-order chi connectivity index (χ1) is 5.74. The molecule has 0 radical (unpaired) electrons. The van der Waals surface area contributed by atoms with Gasteiger partial charge in [0.15, 0.2) is 0 Å². The van der Waals surface area contributed by atoms with Crippen molar-refractivity contribution < 1.29 is 20.0 Å². The van der Waals surface area contributed by atoms with E-state index in [0.717, 1.165) is 6.42 Å². The number of carbonyl (C=O) groups is 1. The molecule has 0 aromatic rings. The van der Waals surface area contributed by atoms with Crippen molar-refractivity contribution in [3.05, 3.63) is 0 Å². The fraction of sp³-hybridized carbons (Fsp3) is 0.875. The van der Waals surface area contributed by atoms with Gasteiger partial charge >= 0.3 is 5.97 Å². The summed E-state index contributed by atoms with van der Waals surface area (Å²) in [4.78, 5) is 14.0. The third-order valence-electron chi connectivity index (χ3n) is 1.97. The Hall–Kier alpha value is -0.610. The maximum absolute atomic E-state index is 10.5. The van der Waals surface area contributed by atoms with Gasteiger partial charge in [-0.2, -0.15) is 5.26 Å². The van der Waals surface area contributed by atoms with Crippen LogP contribution in [0.1, 0.15) is 32.6 Å². The minimum absolute atomic E-state index is 0.146. The number of hydrogen-bond donors (Lipinski definition) is 2. The minimum atomic E-state index is -0.605. The molecule has 2 N–H and O–H groups in total. The van der Waals surface area contributed by atoms with Gasteiger partial charge in [-0.05, 0) is 18.8 Å². The van der Waals surface area contributed by atoms with E-state index in [4.69, 9.17) is 10.4 Å². The van der Waals surface area contributed by atoms with Crippen LogP contribution in [0, 0.1) is 5.92 Å². The molecule has 0 saturated heterocycles. The summed E-state index contributed by atoms with van der Waals surface area (Å²) in [5, 5.41) is 16.6. The Labute approximate surface area is 72.1 Å². The first-order valence-corrected chi connectivity index (χ1v) is 4.19. The molecule has 0 amide bonds. The lowest BCUT2D eigenvalue weighted by molar-refractivity contribution is -0.234. The standard InChI is InChI=1S/C8H16O4/c1-2-7(5-6-9)3-4-8(10)12-11/h7,9,11H,2-6H2,1H3. The summed E-state index contributed by atoms with van der Waals surface area (Å²) in [7, 11) is 0. The summed E-state index contributed by atoms with van der Waals surface area (Å²) >= 11 is 0. The summed E-state index contributed by atoms with van der Waals surface area (Å²) < 4.78 is 0. The maximum Gasteiger partial charge on any atom is 0.342 e. The van der Waals surface area contributed by atoms with Crippen molar-refractivity contribution in [3.63, 3.8) is 0 Å². The van der Waals surface area contributed by atoms with Crippen LogP contribution in [0.3, 0.4) is 0 Å². The fourth-order valence-corrected chi connectivity index (χ4v) is 1.10. The first-order valence-electron chi connectivity index (χ1n) is 4.19. The molecule has 0 aromatic carbocycles. The molecule has 0 bridgehead atoms. The number of hydrogen-bond acceptors (Lipinski definition) is 4. The summed E-state index contributed by atoms with van der Waals surface area (Å²) in [6, 6.07) is 0. The number of carbonyl (C=O) groups excluding carboxylic acids is 1. The Bertz CT molecular complexity index is 124. The lowest BCUT2D eigenvalue weighted by Gasteiger charge is -2.10. The highest BCUT2D eigenvalue weighted by Gasteiger charge is 2.09. The van der Waals surface area contributed by atoms with Gasteiger partial charge in [0.05, 0.1) is 0 Å². The molecule has 0 aliphatic heterocycles. The van der Waals surface area contributed by atoms with Crippen molar-refractivity contribution >= 4 is 5.97 Å². The molecule has 12 heavy (non-hydrogen) atoms. The van der Waals surface area contributed by atoms with Crippen LogP contribution in [0.25, 0.3) is 0 Å². The second kappa shape index (κ2) is 7.06. The molecule has 1 unspecified atom stereocenters. The normalized spacial score (nSPS) is 12.6. The van der Waals surface area contributed by atoms with Crippen LogP contribution in [-0.2, 0) is 9.68 Å². The van der Waals surface area contributed by atoms with E-state index >= 15 is 0 Å². The molecular weight excluding hydrogens is 160 g/mol. The molecule has 4 heteroatoms. The van der Waals surface area contributed by atoms with Gasteiger partial charge < -0.3 is 9.99 Å². The SMILES string of the molecule is CCC(CCO)CCC(=O)OO. The first kappa shape index (κ1) is 11.4. The van der Waals surface area contributed by atoms with Crippen LogP contribution in [0.15, 0.2) is 0 Å². The number of aliphatic hydroxyl groups excluding tert-OH is 1. The molecule has 72 valence electrons. The van der Waals surface area contributed by atoms with Gasteiger partial charge in [-0.15, -0.1) is 0 Å². The van der Waals surface area contributed by atoms with Gasteiger partial charge in [0, 0.05) is 13.0 Å². The van der Waals surface area contributed by atoms with Crippen molar-refractivity contribution in [2.75, 3.05) is 6.61 Å². The quantitative estimate of drug-likeness (QED) is 0.471. The Morgan fingerprint density at radius 1 is 1.50 bits per heavy atom. The Balaban J connectivity index is 3.50. The van der Waals surface area contributed by atoms with Crippen molar-refractivity contribution in [1.29, 1.82) is 0 Å². The lowest BCUT2D eigenvalue weighted by Crippen LogP contribution is -2.07. The van der Waals surface area contributed by atoms with E-state index in [1.54, 1.807) is 0 Å². The summed E-state index contributed by atoms with van der Waals surface area (Å²) in [5.74, 6) is -0.263. The van der Waals surface area contributed by atoms with Crippen LogP contribution < -0.4 is 0 Å². The molecule has 0 fully saturated rings. The van der Waals surface area contributed by atoms with Crippen LogP contribution in [-0.4, -0.2) is 22.9 Å². The molecule has 1 atom stereocenters. The third-order valence-corrected chi connectivity index (χ3v) is 1.97. The smallest absolute Gasteiger partial charge is 0.342 e. The van der Waals surface area contributed by atoms with Gasteiger partial charge in [-0.1, -0.05) is 13.3 Å². The number of rotatable bonds is 6. The van der Waals surface area contributed by atoms with Gasteiger partial charge in [0.25, 0.3) is 0 Å². The van der Waals surface area contributed by atoms with Gasteiger partial charge in [0.2, 0.25) is 0 Å². The maximum atomic E-state index is 10.5. The summed E-state index contributed by atoms with van der Waals surface area (Å²) in [6.07, 6.45) is 2.51. The topological polar surface area (TPSA) is 66.8 Å². The highest BCUT2D eigenvalue weighted by Crippen LogP contribution is 2.14. The Kier molecular flexibility index (Phi) is 6.70. The second-order valence-electron chi connectivity index (χ2n) is 2.79. The fourth-order valence-electron chi connectivity index (χ4n) is 1.10. The molecular formula is C8H16O4. The minimum Gasteiger partial charge on any atom is -0.396 e. The van der Waals surface area contributed by atoms with Crippen LogP contribution in [0.2, 0.25) is 0 Å².